The van der Waals surface area contributed by atoms with Crippen molar-refractivity contribution in [1.29, 1.82) is 0 Å². The lowest BCUT2D eigenvalue weighted by Gasteiger charge is -2.32. The smallest absolute Gasteiger partial charge is 0.229 e. The standard InChI is InChI=1S/C28H36ClN5O3S/c1-6-34-13-11-20(12-14-34)21-16-25(37-5)24(15-19(21)4)32-28-30-17-22(29)27(33-28)31-23-9-7-8-10-26(23)38(35,36)18(2)3/h7-10,15-18,20H,6,11-14H2,1-5H3,(H2,30,31,32,33). The Morgan fingerprint density at radius 1 is 1.13 bits per heavy atom. The summed E-state index contributed by atoms with van der Waals surface area (Å²) in [5.74, 6) is 1.82. The quantitative estimate of drug-likeness (QED) is 0.316. The number of para-hydroxylation sites is 1. The molecule has 1 aliphatic heterocycles. The second-order valence-corrected chi connectivity index (χ2v) is 12.7. The van der Waals surface area contributed by atoms with Crippen molar-refractivity contribution in [1.82, 2.24) is 14.9 Å². The SMILES string of the molecule is CCN1CCC(c2cc(OC)c(Nc3ncc(Cl)c(Nc4ccccc4S(=O)(=O)C(C)C)n3)cc2C)CC1. The maximum Gasteiger partial charge on any atom is 0.229 e. The first-order valence-electron chi connectivity index (χ1n) is 12.9. The molecule has 2 heterocycles. The number of halogens is 1. The summed E-state index contributed by atoms with van der Waals surface area (Å²) in [5.41, 5.74) is 3.64. The fourth-order valence-corrected chi connectivity index (χ4v) is 6.15. The van der Waals surface area contributed by atoms with E-state index in [0.29, 0.717) is 29.1 Å². The van der Waals surface area contributed by atoms with Crippen molar-refractivity contribution in [2.24, 2.45) is 0 Å². The molecule has 10 heteroatoms. The Morgan fingerprint density at radius 2 is 1.84 bits per heavy atom. The van der Waals surface area contributed by atoms with E-state index in [1.807, 2.05) is 0 Å². The summed E-state index contributed by atoms with van der Waals surface area (Å²) in [5, 5.41) is 6.05. The summed E-state index contributed by atoms with van der Waals surface area (Å²) < 4.78 is 31.5. The summed E-state index contributed by atoms with van der Waals surface area (Å²) in [6, 6.07) is 10.9. The Balaban J connectivity index is 1.60. The zero-order chi connectivity index (χ0) is 27.4. The van der Waals surface area contributed by atoms with Gasteiger partial charge in [-0.05, 0) is 94.6 Å². The molecule has 8 nitrogen and oxygen atoms in total. The number of piperidine rings is 1. The second-order valence-electron chi connectivity index (χ2n) is 9.85. The van der Waals surface area contributed by atoms with E-state index in [2.05, 4.69) is 51.5 Å². The highest BCUT2D eigenvalue weighted by molar-refractivity contribution is 7.92. The third kappa shape index (κ3) is 6.06. The summed E-state index contributed by atoms with van der Waals surface area (Å²) in [7, 11) is -1.86. The highest BCUT2D eigenvalue weighted by atomic mass is 35.5. The minimum Gasteiger partial charge on any atom is -0.495 e. The number of anilines is 4. The fourth-order valence-electron chi connectivity index (χ4n) is 4.81. The van der Waals surface area contributed by atoms with Gasteiger partial charge in [-0.15, -0.1) is 0 Å². The fraction of sp³-hybridized carbons (Fsp3) is 0.429. The van der Waals surface area contributed by atoms with Gasteiger partial charge >= 0.3 is 0 Å². The van der Waals surface area contributed by atoms with E-state index >= 15 is 0 Å². The number of aryl methyl sites for hydroxylation is 1. The molecule has 0 unspecified atom stereocenters. The van der Waals surface area contributed by atoms with Crippen LogP contribution < -0.4 is 15.4 Å². The van der Waals surface area contributed by atoms with Crippen LogP contribution in [0.1, 0.15) is 50.7 Å². The monoisotopic (exact) mass is 557 g/mol. The number of hydrogen-bond donors (Lipinski definition) is 2. The van der Waals surface area contributed by atoms with Gasteiger partial charge in [0.1, 0.15) is 10.8 Å². The topological polar surface area (TPSA) is 96.5 Å². The van der Waals surface area contributed by atoms with Crippen molar-refractivity contribution in [2.45, 2.75) is 56.6 Å². The molecule has 204 valence electrons. The van der Waals surface area contributed by atoms with Gasteiger partial charge in [-0.3, -0.25) is 0 Å². The third-order valence-corrected chi connectivity index (χ3v) is 9.61. The first kappa shape index (κ1) is 28.1. The number of benzene rings is 2. The maximum atomic E-state index is 12.9. The predicted octanol–water partition coefficient (Wildman–Crippen LogP) is 6.32. The highest BCUT2D eigenvalue weighted by Gasteiger charge is 2.24. The molecule has 0 bridgehead atoms. The molecular formula is C28H36ClN5O3S. The second kappa shape index (κ2) is 11.9. The molecule has 2 N–H and O–H groups in total. The van der Waals surface area contributed by atoms with Crippen molar-refractivity contribution in [3.63, 3.8) is 0 Å². The van der Waals surface area contributed by atoms with E-state index < -0.39 is 15.1 Å². The van der Waals surface area contributed by atoms with Crippen molar-refractivity contribution >= 4 is 44.6 Å². The number of hydrogen-bond acceptors (Lipinski definition) is 8. The number of nitrogens with zero attached hydrogens (tertiary/aromatic N) is 3. The van der Waals surface area contributed by atoms with Crippen molar-refractivity contribution in [2.75, 3.05) is 37.4 Å². The van der Waals surface area contributed by atoms with Crippen molar-refractivity contribution < 1.29 is 13.2 Å². The Bertz CT molecular complexity index is 1390. The van der Waals surface area contributed by atoms with E-state index in [4.69, 9.17) is 16.3 Å². The summed E-state index contributed by atoms with van der Waals surface area (Å²) in [6.45, 7) is 10.9. The van der Waals surface area contributed by atoms with Crippen LogP contribution in [0.25, 0.3) is 0 Å². The molecule has 1 saturated heterocycles. The molecule has 0 atom stereocenters. The van der Waals surface area contributed by atoms with Gasteiger partial charge in [-0.2, -0.15) is 4.98 Å². The average molecular weight is 558 g/mol. The molecule has 38 heavy (non-hydrogen) atoms. The van der Waals surface area contributed by atoms with Crippen LogP contribution in [0.4, 0.5) is 23.1 Å². The van der Waals surface area contributed by atoms with Crippen LogP contribution in [0.15, 0.2) is 47.5 Å². The lowest BCUT2D eigenvalue weighted by molar-refractivity contribution is 0.222. The van der Waals surface area contributed by atoms with Crippen LogP contribution >= 0.6 is 11.6 Å². The highest BCUT2D eigenvalue weighted by Crippen LogP contribution is 2.38. The Labute approximate surface area is 230 Å². The van der Waals surface area contributed by atoms with E-state index in [-0.39, 0.29) is 9.92 Å². The Kier molecular flexibility index (Phi) is 8.80. The van der Waals surface area contributed by atoms with Crippen LogP contribution in [-0.4, -0.2) is 55.3 Å². The van der Waals surface area contributed by atoms with Gasteiger partial charge in [0.2, 0.25) is 5.95 Å². The minimum absolute atomic E-state index is 0.192. The van der Waals surface area contributed by atoms with E-state index in [9.17, 15) is 8.42 Å². The number of aromatic nitrogens is 2. The number of likely N-dealkylation sites (tertiary alicyclic amines) is 1. The molecule has 0 amide bonds. The third-order valence-electron chi connectivity index (χ3n) is 7.12. The number of sulfone groups is 1. The van der Waals surface area contributed by atoms with Gasteiger partial charge in [-0.1, -0.05) is 30.7 Å². The molecule has 0 radical (unpaired) electrons. The largest absolute Gasteiger partial charge is 0.495 e. The number of methoxy groups -OCH3 is 1. The first-order valence-corrected chi connectivity index (χ1v) is 14.9. The summed E-state index contributed by atoms with van der Waals surface area (Å²) in [6.07, 6.45) is 3.75. The lowest BCUT2D eigenvalue weighted by Crippen LogP contribution is -2.32. The molecule has 3 aromatic rings. The molecule has 1 aromatic heterocycles. The summed E-state index contributed by atoms with van der Waals surface area (Å²) in [4.78, 5) is 11.6. The number of nitrogens with one attached hydrogen (secondary N) is 2. The first-order chi connectivity index (χ1) is 18.1. The van der Waals surface area contributed by atoms with Gasteiger partial charge in [-0.25, -0.2) is 13.4 Å². The van der Waals surface area contributed by atoms with Gasteiger partial charge < -0.3 is 20.3 Å². The zero-order valence-corrected chi connectivity index (χ0v) is 24.2. The Hall–Kier alpha value is -2.88. The van der Waals surface area contributed by atoms with Gasteiger partial charge in [0, 0.05) is 0 Å². The van der Waals surface area contributed by atoms with E-state index in [0.717, 1.165) is 38.2 Å². The van der Waals surface area contributed by atoms with Gasteiger partial charge in [0.25, 0.3) is 0 Å². The number of rotatable bonds is 9. The molecule has 2 aromatic carbocycles. The summed E-state index contributed by atoms with van der Waals surface area (Å²) >= 11 is 6.40. The molecule has 0 aliphatic carbocycles. The van der Waals surface area contributed by atoms with E-state index in [1.165, 1.54) is 17.3 Å². The molecule has 0 spiro atoms. The molecular weight excluding hydrogens is 522 g/mol. The van der Waals surface area contributed by atoms with Crippen molar-refractivity contribution in [3.8, 4) is 5.75 Å². The van der Waals surface area contributed by atoms with Crippen LogP contribution in [-0.2, 0) is 9.84 Å². The Morgan fingerprint density at radius 3 is 2.50 bits per heavy atom. The van der Waals surface area contributed by atoms with Crippen LogP contribution in [0, 0.1) is 6.92 Å². The number of ether oxygens (including phenoxy) is 1. The predicted molar refractivity (Wildman–Crippen MR) is 154 cm³/mol. The molecule has 0 saturated carbocycles. The normalized spacial score (nSPS) is 15.0. The average Bonchev–Trinajstić information content (AvgIpc) is 2.91. The van der Waals surface area contributed by atoms with Crippen LogP contribution in [0.3, 0.4) is 0 Å². The zero-order valence-electron chi connectivity index (χ0n) is 22.6. The van der Waals surface area contributed by atoms with Crippen LogP contribution in [0.5, 0.6) is 5.75 Å². The van der Waals surface area contributed by atoms with Crippen LogP contribution in [0.2, 0.25) is 5.02 Å². The van der Waals surface area contributed by atoms with E-state index in [1.54, 1.807) is 45.2 Å². The molecule has 1 fully saturated rings. The maximum absolute atomic E-state index is 12.9. The van der Waals surface area contributed by atoms with Crippen molar-refractivity contribution in [3.05, 3.63) is 58.7 Å². The van der Waals surface area contributed by atoms with Gasteiger partial charge in [0.05, 0.1) is 34.8 Å². The van der Waals surface area contributed by atoms with Gasteiger partial charge in [0.15, 0.2) is 15.7 Å². The lowest BCUT2D eigenvalue weighted by atomic mass is 9.86. The molecule has 1 aliphatic rings. The minimum atomic E-state index is -3.51. The molecule has 4 rings (SSSR count).